The van der Waals surface area contributed by atoms with Gasteiger partial charge in [-0.25, -0.2) is 9.69 Å². The highest BCUT2D eigenvalue weighted by molar-refractivity contribution is 9.10. The van der Waals surface area contributed by atoms with Gasteiger partial charge in [-0.3, -0.25) is 9.59 Å². The Labute approximate surface area is 168 Å². The SMILES string of the molecule is O=C(CCc1cc(Br)ccc1OC(F)F)N1CCC(N2C(=O)COC2=O)CC1. The summed E-state index contributed by atoms with van der Waals surface area (Å²) in [5.41, 5.74) is 0.517. The maximum atomic E-state index is 12.5. The smallest absolute Gasteiger partial charge is 0.417 e. The number of ether oxygens (including phenoxy) is 2. The van der Waals surface area contributed by atoms with Crippen molar-refractivity contribution in [2.24, 2.45) is 0 Å². The summed E-state index contributed by atoms with van der Waals surface area (Å²) in [6, 6.07) is 4.43. The van der Waals surface area contributed by atoms with Gasteiger partial charge in [-0.1, -0.05) is 15.9 Å². The van der Waals surface area contributed by atoms with Crippen molar-refractivity contribution in [3.05, 3.63) is 28.2 Å². The summed E-state index contributed by atoms with van der Waals surface area (Å²) in [4.78, 5) is 38.6. The van der Waals surface area contributed by atoms with Crippen LogP contribution in [0.5, 0.6) is 5.75 Å². The highest BCUT2D eigenvalue weighted by Gasteiger charge is 2.38. The van der Waals surface area contributed by atoms with E-state index in [1.807, 2.05) is 0 Å². The summed E-state index contributed by atoms with van der Waals surface area (Å²) < 4.78 is 35.0. The summed E-state index contributed by atoms with van der Waals surface area (Å²) in [6.07, 6.45) is 0.755. The fourth-order valence-corrected chi connectivity index (χ4v) is 3.85. The Hall–Kier alpha value is -2.23. The molecule has 7 nitrogen and oxygen atoms in total. The molecule has 28 heavy (non-hydrogen) atoms. The summed E-state index contributed by atoms with van der Waals surface area (Å²) >= 11 is 3.29. The molecule has 0 atom stereocenters. The van der Waals surface area contributed by atoms with Crippen LogP contribution < -0.4 is 4.74 Å². The second-order valence-corrected chi connectivity index (χ2v) is 7.48. The zero-order chi connectivity index (χ0) is 20.3. The average molecular weight is 461 g/mol. The van der Waals surface area contributed by atoms with Crippen molar-refractivity contribution < 1.29 is 32.6 Å². The minimum absolute atomic E-state index is 0.0516. The number of imide groups is 1. The molecule has 0 N–H and O–H groups in total. The fraction of sp³-hybridized carbons (Fsp3) is 0.500. The lowest BCUT2D eigenvalue weighted by Gasteiger charge is -2.34. The first-order valence-corrected chi connectivity index (χ1v) is 9.64. The van der Waals surface area contributed by atoms with Crippen LogP contribution in [0.15, 0.2) is 22.7 Å². The van der Waals surface area contributed by atoms with E-state index in [1.54, 1.807) is 17.0 Å². The number of nitrogens with zero attached hydrogens (tertiary/aromatic N) is 2. The third-order valence-corrected chi connectivity index (χ3v) is 5.31. The van der Waals surface area contributed by atoms with Gasteiger partial charge in [-0.05, 0) is 43.0 Å². The molecule has 2 fully saturated rings. The molecule has 2 aliphatic heterocycles. The molecule has 2 heterocycles. The number of aryl methyl sites for hydroxylation is 1. The first kappa shape index (κ1) is 20.5. The quantitative estimate of drug-likeness (QED) is 0.652. The predicted octanol–water partition coefficient (Wildman–Crippen LogP) is 2.95. The number of benzene rings is 1. The van der Waals surface area contributed by atoms with E-state index in [9.17, 15) is 23.2 Å². The number of alkyl halides is 2. The lowest BCUT2D eigenvalue weighted by Crippen LogP contribution is -2.48. The molecule has 3 rings (SSSR count). The van der Waals surface area contributed by atoms with Crippen LogP contribution in [-0.2, 0) is 20.7 Å². The number of cyclic esters (lactones) is 1. The minimum Gasteiger partial charge on any atom is -0.439 e. The molecule has 2 saturated heterocycles. The summed E-state index contributed by atoms with van der Waals surface area (Å²) in [5, 5.41) is 0. The van der Waals surface area contributed by atoms with Gasteiger partial charge in [0, 0.05) is 30.0 Å². The van der Waals surface area contributed by atoms with Crippen molar-refractivity contribution in [3.63, 3.8) is 0 Å². The van der Waals surface area contributed by atoms with Crippen molar-refractivity contribution in [2.75, 3.05) is 19.7 Å². The number of carbonyl (C=O) groups is 3. The van der Waals surface area contributed by atoms with Crippen LogP contribution in [-0.4, -0.2) is 60.1 Å². The summed E-state index contributed by atoms with van der Waals surface area (Å²) in [6.45, 7) is -2.33. The number of piperidine rings is 1. The second kappa shape index (κ2) is 8.85. The average Bonchev–Trinajstić information content (AvgIpc) is 3.00. The number of amides is 3. The molecule has 0 radical (unpaired) electrons. The molecule has 10 heteroatoms. The molecule has 0 aliphatic carbocycles. The van der Waals surface area contributed by atoms with Crippen LogP contribution in [0.4, 0.5) is 13.6 Å². The number of carbonyl (C=O) groups excluding carboxylic acids is 3. The predicted molar refractivity (Wildman–Crippen MR) is 96.9 cm³/mol. The number of hydrogen-bond donors (Lipinski definition) is 0. The van der Waals surface area contributed by atoms with Gasteiger partial charge in [0.2, 0.25) is 5.91 Å². The van der Waals surface area contributed by atoms with E-state index in [4.69, 9.17) is 4.74 Å². The van der Waals surface area contributed by atoms with Crippen molar-refractivity contribution in [1.29, 1.82) is 0 Å². The Morgan fingerprint density at radius 2 is 2.00 bits per heavy atom. The molecule has 0 unspecified atom stereocenters. The van der Waals surface area contributed by atoms with Gasteiger partial charge in [0.05, 0.1) is 0 Å². The van der Waals surface area contributed by atoms with Crippen LogP contribution in [0, 0.1) is 0 Å². The lowest BCUT2D eigenvalue weighted by molar-refractivity contribution is -0.133. The number of likely N-dealkylation sites (tertiary alicyclic amines) is 1. The van der Waals surface area contributed by atoms with Crippen molar-refractivity contribution >= 4 is 33.8 Å². The van der Waals surface area contributed by atoms with Crippen molar-refractivity contribution in [3.8, 4) is 5.75 Å². The van der Waals surface area contributed by atoms with Gasteiger partial charge in [-0.2, -0.15) is 8.78 Å². The van der Waals surface area contributed by atoms with Gasteiger partial charge in [-0.15, -0.1) is 0 Å². The standard InChI is InChI=1S/C18H19BrF2N2O5/c19-12-2-3-14(28-17(20)21)11(9-12)1-4-15(24)22-7-5-13(6-8-22)23-16(25)10-27-18(23)26/h2-3,9,13,17H,1,4-8,10H2. The molecule has 0 aromatic heterocycles. The van der Waals surface area contributed by atoms with Crippen molar-refractivity contribution in [2.45, 2.75) is 38.3 Å². The summed E-state index contributed by atoms with van der Waals surface area (Å²) in [5.74, 6) is -0.413. The number of hydrogen-bond acceptors (Lipinski definition) is 5. The second-order valence-electron chi connectivity index (χ2n) is 6.56. The van der Waals surface area contributed by atoms with E-state index in [1.165, 1.54) is 6.07 Å². The molecule has 0 saturated carbocycles. The molecule has 0 bridgehead atoms. The first-order valence-electron chi connectivity index (χ1n) is 8.85. The third-order valence-electron chi connectivity index (χ3n) is 4.81. The maximum absolute atomic E-state index is 12.5. The molecule has 2 aliphatic rings. The van der Waals surface area contributed by atoms with Crippen LogP contribution in [0.1, 0.15) is 24.8 Å². The molecule has 0 spiro atoms. The Morgan fingerprint density at radius 1 is 1.29 bits per heavy atom. The minimum atomic E-state index is -2.94. The Balaban J connectivity index is 1.53. The fourth-order valence-electron chi connectivity index (χ4n) is 3.44. The molecule has 3 amide bonds. The molecular weight excluding hydrogens is 442 g/mol. The Bertz CT molecular complexity index is 752. The van der Waals surface area contributed by atoms with E-state index in [0.29, 0.717) is 36.0 Å². The van der Waals surface area contributed by atoms with Crippen LogP contribution in [0.25, 0.3) is 0 Å². The van der Waals surface area contributed by atoms with E-state index in [-0.39, 0.29) is 43.1 Å². The first-order chi connectivity index (χ1) is 13.3. The van der Waals surface area contributed by atoms with E-state index in [0.717, 1.165) is 4.90 Å². The van der Waals surface area contributed by atoms with Crippen LogP contribution in [0.3, 0.4) is 0 Å². The molecule has 1 aromatic carbocycles. The lowest BCUT2D eigenvalue weighted by atomic mass is 10.0. The van der Waals surface area contributed by atoms with Gasteiger partial charge in [0.25, 0.3) is 5.91 Å². The van der Waals surface area contributed by atoms with E-state index in [2.05, 4.69) is 20.7 Å². The third kappa shape index (κ3) is 4.78. The van der Waals surface area contributed by atoms with Gasteiger partial charge >= 0.3 is 12.7 Å². The summed E-state index contributed by atoms with van der Waals surface area (Å²) in [7, 11) is 0. The van der Waals surface area contributed by atoms with Gasteiger partial charge in [0.1, 0.15) is 5.75 Å². The van der Waals surface area contributed by atoms with E-state index < -0.39 is 12.7 Å². The molecule has 152 valence electrons. The monoisotopic (exact) mass is 460 g/mol. The number of rotatable bonds is 6. The van der Waals surface area contributed by atoms with Crippen molar-refractivity contribution in [1.82, 2.24) is 9.80 Å². The van der Waals surface area contributed by atoms with Gasteiger partial charge in [0.15, 0.2) is 6.61 Å². The Morgan fingerprint density at radius 3 is 2.61 bits per heavy atom. The molecule has 1 aromatic rings. The molecular formula is C18H19BrF2N2O5. The van der Waals surface area contributed by atoms with Crippen LogP contribution in [0.2, 0.25) is 0 Å². The largest absolute Gasteiger partial charge is 0.439 e. The van der Waals surface area contributed by atoms with Gasteiger partial charge < -0.3 is 14.4 Å². The highest BCUT2D eigenvalue weighted by Crippen LogP contribution is 2.27. The topological polar surface area (TPSA) is 76.2 Å². The van der Waals surface area contributed by atoms with E-state index >= 15 is 0 Å². The Kier molecular flexibility index (Phi) is 6.48. The zero-order valence-corrected chi connectivity index (χ0v) is 16.5. The highest BCUT2D eigenvalue weighted by atomic mass is 79.9. The maximum Gasteiger partial charge on any atom is 0.417 e. The zero-order valence-electron chi connectivity index (χ0n) is 14.9. The van der Waals surface area contributed by atoms with Crippen LogP contribution >= 0.6 is 15.9 Å². The normalized spacial score (nSPS) is 18.0. The number of halogens is 3.